The Balaban J connectivity index is 1.40. The Morgan fingerprint density at radius 3 is 2.81 bits per heavy atom. The van der Waals surface area contributed by atoms with Crippen LogP contribution < -0.4 is 10.6 Å². The van der Waals surface area contributed by atoms with Gasteiger partial charge in [-0.25, -0.2) is 0 Å². The third-order valence-corrected chi connectivity index (χ3v) is 5.73. The molecule has 0 aromatic heterocycles. The molecular weight excluding hydrogens is 338 g/mol. The number of carbonyl (C=O) groups excluding carboxylic acids is 2. The summed E-state index contributed by atoms with van der Waals surface area (Å²) >= 11 is 0. The Labute approximate surface area is 162 Å². The second-order valence-corrected chi connectivity index (χ2v) is 8.34. The third-order valence-electron chi connectivity index (χ3n) is 5.73. The molecule has 1 aliphatic carbocycles. The van der Waals surface area contributed by atoms with Crippen LogP contribution in [0.3, 0.4) is 0 Å². The van der Waals surface area contributed by atoms with Crippen LogP contribution >= 0.6 is 0 Å². The van der Waals surface area contributed by atoms with Crippen molar-refractivity contribution in [3.05, 3.63) is 29.3 Å². The monoisotopic (exact) mass is 371 g/mol. The maximum absolute atomic E-state index is 12.3. The molecule has 1 fully saturated rings. The summed E-state index contributed by atoms with van der Waals surface area (Å²) in [7, 11) is 0. The van der Waals surface area contributed by atoms with Gasteiger partial charge in [-0.2, -0.15) is 0 Å². The first-order valence-corrected chi connectivity index (χ1v) is 10.4. The van der Waals surface area contributed by atoms with Crippen molar-refractivity contribution in [2.45, 2.75) is 52.4 Å². The summed E-state index contributed by atoms with van der Waals surface area (Å²) in [6, 6.07) is 6.31. The van der Waals surface area contributed by atoms with E-state index in [4.69, 9.17) is 0 Å². The highest BCUT2D eigenvalue weighted by Gasteiger charge is 2.21. The first-order chi connectivity index (χ1) is 13.0. The third kappa shape index (κ3) is 5.80. The van der Waals surface area contributed by atoms with Crippen molar-refractivity contribution < 1.29 is 9.59 Å². The van der Waals surface area contributed by atoms with Gasteiger partial charge in [0.15, 0.2) is 0 Å². The fraction of sp³-hybridized carbons (Fsp3) is 0.636. The molecule has 5 heteroatoms. The first kappa shape index (κ1) is 19.9. The lowest BCUT2D eigenvalue weighted by Crippen LogP contribution is -2.42. The summed E-state index contributed by atoms with van der Waals surface area (Å²) in [6.45, 7) is 7.37. The van der Waals surface area contributed by atoms with Crippen LogP contribution in [-0.4, -0.2) is 42.9 Å². The minimum Gasteiger partial charge on any atom is -0.356 e. The molecule has 1 heterocycles. The highest BCUT2D eigenvalue weighted by Crippen LogP contribution is 2.25. The molecule has 1 aliphatic heterocycles. The number of carbonyl (C=O) groups is 2. The molecular formula is C22H33N3O2. The van der Waals surface area contributed by atoms with Crippen molar-refractivity contribution in [1.29, 1.82) is 0 Å². The molecule has 2 N–H and O–H groups in total. The number of anilines is 1. The molecule has 2 aliphatic rings. The molecule has 0 saturated carbocycles. The number of aryl methyl sites for hydroxylation is 2. The molecule has 1 atom stereocenters. The van der Waals surface area contributed by atoms with E-state index in [1.165, 1.54) is 17.5 Å². The molecule has 1 saturated heterocycles. The van der Waals surface area contributed by atoms with Gasteiger partial charge in [0, 0.05) is 37.7 Å². The molecule has 1 aromatic rings. The second-order valence-electron chi connectivity index (χ2n) is 8.34. The average molecular weight is 372 g/mol. The number of nitrogens with zero attached hydrogens (tertiary/aromatic N) is 1. The number of hydrogen-bond donors (Lipinski definition) is 2. The van der Waals surface area contributed by atoms with E-state index < -0.39 is 0 Å². The van der Waals surface area contributed by atoms with Crippen molar-refractivity contribution in [2.24, 2.45) is 11.8 Å². The van der Waals surface area contributed by atoms with E-state index in [0.717, 1.165) is 57.5 Å². The van der Waals surface area contributed by atoms with Gasteiger partial charge in [0.2, 0.25) is 11.8 Å². The Kier molecular flexibility index (Phi) is 6.89. The molecule has 0 bridgehead atoms. The van der Waals surface area contributed by atoms with Crippen LogP contribution in [-0.2, 0) is 22.4 Å². The molecule has 148 valence electrons. The van der Waals surface area contributed by atoms with Crippen molar-refractivity contribution in [1.82, 2.24) is 10.2 Å². The summed E-state index contributed by atoms with van der Waals surface area (Å²) in [5.74, 6) is 0.734. The second kappa shape index (κ2) is 9.36. The molecule has 5 nitrogen and oxygen atoms in total. The zero-order valence-electron chi connectivity index (χ0n) is 16.7. The molecule has 0 spiro atoms. The number of benzene rings is 1. The number of nitrogens with one attached hydrogen (secondary N) is 2. The van der Waals surface area contributed by atoms with Gasteiger partial charge in [-0.15, -0.1) is 0 Å². The van der Waals surface area contributed by atoms with Crippen molar-refractivity contribution >= 4 is 17.5 Å². The minimum atomic E-state index is 0.0348. The fourth-order valence-corrected chi connectivity index (χ4v) is 4.10. The van der Waals surface area contributed by atoms with Crippen LogP contribution in [0.25, 0.3) is 0 Å². The van der Waals surface area contributed by atoms with E-state index in [9.17, 15) is 9.59 Å². The van der Waals surface area contributed by atoms with Gasteiger partial charge in [-0.1, -0.05) is 19.9 Å². The first-order valence-electron chi connectivity index (χ1n) is 10.4. The van der Waals surface area contributed by atoms with E-state index in [1.54, 1.807) is 0 Å². The number of piperidine rings is 1. The van der Waals surface area contributed by atoms with Crippen LogP contribution in [0.2, 0.25) is 0 Å². The molecule has 1 aromatic carbocycles. The normalized spacial score (nSPS) is 19.7. The summed E-state index contributed by atoms with van der Waals surface area (Å²) in [6.07, 6.45) is 6.31. The van der Waals surface area contributed by atoms with Gasteiger partial charge < -0.3 is 15.5 Å². The van der Waals surface area contributed by atoms with E-state index in [-0.39, 0.29) is 17.7 Å². The lowest BCUT2D eigenvalue weighted by Gasteiger charge is -2.32. The molecule has 0 radical (unpaired) electrons. The molecule has 2 amide bonds. The van der Waals surface area contributed by atoms with Gasteiger partial charge in [0.25, 0.3) is 0 Å². The van der Waals surface area contributed by atoms with Crippen molar-refractivity contribution in [3.63, 3.8) is 0 Å². The van der Waals surface area contributed by atoms with Gasteiger partial charge in [0.05, 0.1) is 0 Å². The van der Waals surface area contributed by atoms with Gasteiger partial charge in [-0.05, 0) is 67.8 Å². The number of hydrogen-bond acceptors (Lipinski definition) is 3. The Morgan fingerprint density at radius 1 is 1.19 bits per heavy atom. The van der Waals surface area contributed by atoms with E-state index in [0.29, 0.717) is 12.3 Å². The maximum Gasteiger partial charge on any atom is 0.225 e. The maximum atomic E-state index is 12.3. The average Bonchev–Trinajstić information content (AvgIpc) is 3.12. The van der Waals surface area contributed by atoms with Crippen LogP contribution in [0.1, 0.15) is 50.7 Å². The topological polar surface area (TPSA) is 61.4 Å². The lowest BCUT2D eigenvalue weighted by atomic mass is 9.97. The summed E-state index contributed by atoms with van der Waals surface area (Å²) in [5.41, 5.74) is 3.74. The van der Waals surface area contributed by atoms with Gasteiger partial charge in [-0.3, -0.25) is 9.59 Å². The molecule has 3 rings (SSSR count). The van der Waals surface area contributed by atoms with Crippen LogP contribution in [0.5, 0.6) is 0 Å². The van der Waals surface area contributed by atoms with Gasteiger partial charge in [0.1, 0.15) is 0 Å². The predicted molar refractivity (Wildman–Crippen MR) is 109 cm³/mol. The number of fused-ring (bicyclic) bond motifs is 1. The Morgan fingerprint density at radius 2 is 2.00 bits per heavy atom. The standard InChI is InChI=1S/C22H33N3O2/c1-16(2)22(27)23-14-17-5-4-11-25(15-17)12-10-21(26)24-20-9-8-18-6-3-7-19(18)13-20/h8-9,13,16-17H,3-7,10-12,14-15H2,1-2H3,(H,23,27)(H,24,26). The van der Waals surface area contributed by atoms with E-state index in [1.807, 2.05) is 19.9 Å². The highest BCUT2D eigenvalue weighted by molar-refractivity contribution is 5.91. The quantitative estimate of drug-likeness (QED) is 0.775. The van der Waals surface area contributed by atoms with Crippen LogP contribution in [0.4, 0.5) is 5.69 Å². The SMILES string of the molecule is CC(C)C(=O)NCC1CCCN(CCC(=O)Nc2ccc3c(c2)CCC3)C1. The minimum absolute atomic E-state index is 0.0348. The Hall–Kier alpha value is -1.88. The summed E-state index contributed by atoms with van der Waals surface area (Å²) < 4.78 is 0. The van der Waals surface area contributed by atoms with Crippen LogP contribution in [0, 0.1) is 11.8 Å². The highest BCUT2D eigenvalue weighted by atomic mass is 16.2. The lowest BCUT2D eigenvalue weighted by molar-refractivity contribution is -0.124. The van der Waals surface area contributed by atoms with E-state index >= 15 is 0 Å². The van der Waals surface area contributed by atoms with Gasteiger partial charge >= 0.3 is 0 Å². The molecule has 1 unspecified atom stereocenters. The summed E-state index contributed by atoms with van der Waals surface area (Å²) in [4.78, 5) is 26.4. The largest absolute Gasteiger partial charge is 0.356 e. The van der Waals surface area contributed by atoms with E-state index in [2.05, 4.69) is 27.7 Å². The summed E-state index contributed by atoms with van der Waals surface area (Å²) in [5, 5.41) is 6.10. The zero-order chi connectivity index (χ0) is 19.2. The smallest absolute Gasteiger partial charge is 0.225 e. The number of rotatable bonds is 7. The predicted octanol–water partition coefficient (Wildman–Crippen LogP) is 2.99. The zero-order valence-corrected chi connectivity index (χ0v) is 16.7. The van der Waals surface area contributed by atoms with Crippen LogP contribution in [0.15, 0.2) is 18.2 Å². The Bertz CT molecular complexity index is 672. The van der Waals surface area contributed by atoms with Crippen molar-refractivity contribution in [2.75, 3.05) is 31.5 Å². The number of amides is 2. The fourth-order valence-electron chi connectivity index (χ4n) is 4.10. The number of likely N-dealkylation sites (tertiary alicyclic amines) is 1. The van der Waals surface area contributed by atoms with Crippen molar-refractivity contribution in [3.8, 4) is 0 Å². The molecule has 27 heavy (non-hydrogen) atoms.